The van der Waals surface area contributed by atoms with Gasteiger partial charge >= 0.3 is 0 Å². The van der Waals surface area contributed by atoms with E-state index in [0.717, 1.165) is 37.2 Å². The predicted molar refractivity (Wildman–Crippen MR) is 99.5 cm³/mol. The highest BCUT2D eigenvalue weighted by Crippen LogP contribution is 2.20. The third-order valence-corrected chi connectivity index (χ3v) is 4.74. The first-order chi connectivity index (χ1) is 12.6. The van der Waals surface area contributed by atoms with Crippen LogP contribution in [0.1, 0.15) is 39.5 Å². The molecule has 0 radical (unpaired) electrons. The van der Waals surface area contributed by atoms with Crippen LogP contribution in [0.4, 0.5) is 5.69 Å². The zero-order chi connectivity index (χ0) is 18.1. The summed E-state index contributed by atoms with van der Waals surface area (Å²) in [6, 6.07) is 13.1. The Hall–Kier alpha value is -3.15. The number of hydrogen-bond donors (Lipinski definition) is 1. The maximum atomic E-state index is 12.8. The summed E-state index contributed by atoms with van der Waals surface area (Å²) < 4.78 is 1.70. The molecular weight excluding hydrogens is 328 g/mol. The molecule has 132 valence electrons. The van der Waals surface area contributed by atoms with Gasteiger partial charge in [-0.2, -0.15) is 0 Å². The zero-order valence-corrected chi connectivity index (χ0v) is 14.6. The van der Waals surface area contributed by atoms with Crippen molar-refractivity contribution in [1.29, 1.82) is 0 Å². The minimum absolute atomic E-state index is 0.126. The second-order valence-corrected chi connectivity index (χ2v) is 6.51. The van der Waals surface area contributed by atoms with E-state index in [1.165, 1.54) is 0 Å². The van der Waals surface area contributed by atoms with E-state index in [2.05, 4.69) is 10.3 Å². The van der Waals surface area contributed by atoms with Crippen LogP contribution in [0.3, 0.4) is 0 Å². The molecule has 3 heterocycles. The Bertz CT molecular complexity index is 986. The smallest absolute Gasteiger partial charge is 0.290 e. The molecule has 1 aliphatic rings. The van der Waals surface area contributed by atoms with E-state index >= 15 is 0 Å². The van der Waals surface area contributed by atoms with Crippen LogP contribution in [-0.2, 0) is 0 Å². The van der Waals surface area contributed by atoms with Crippen LogP contribution in [-0.4, -0.2) is 39.2 Å². The van der Waals surface area contributed by atoms with Crippen LogP contribution in [0.25, 0.3) is 5.52 Å². The van der Waals surface area contributed by atoms with Gasteiger partial charge in [0.25, 0.3) is 11.8 Å². The van der Waals surface area contributed by atoms with Crippen LogP contribution >= 0.6 is 0 Å². The average Bonchev–Trinajstić information content (AvgIpc) is 3.31. The van der Waals surface area contributed by atoms with Crippen molar-refractivity contribution in [2.75, 3.05) is 18.4 Å². The molecular formula is C20H20N4O2. The fraction of sp³-hybridized carbons (Fsp3) is 0.250. The Morgan fingerprint density at radius 1 is 1.04 bits per heavy atom. The SMILES string of the molecule is Cc1ccccc1NC(=O)c1nc(C(=O)N2CCCC2)n2ccccc12. The molecule has 2 amide bonds. The van der Waals surface area contributed by atoms with E-state index in [9.17, 15) is 9.59 Å². The first-order valence-electron chi connectivity index (χ1n) is 8.78. The lowest BCUT2D eigenvalue weighted by molar-refractivity contribution is 0.0780. The number of likely N-dealkylation sites (tertiary alicyclic amines) is 1. The number of imidazole rings is 1. The summed E-state index contributed by atoms with van der Waals surface area (Å²) >= 11 is 0. The largest absolute Gasteiger partial charge is 0.336 e. The Morgan fingerprint density at radius 2 is 1.77 bits per heavy atom. The molecule has 0 saturated carbocycles. The number of pyridine rings is 1. The first kappa shape index (κ1) is 16.3. The van der Waals surface area contributed by atoms with Crippen molar-refractivity contribution in [2.45, 2.75) is 19.8 Å². The topological polar surface area (TPSA) is 66.7 Å². The maximum absolute atomic E-state index is 12.8. The number of amides is 2. The molecule has 1 saturated heterocycles. The molecule has 6 nitrogen and oxygen atoms in total. The van der Waals surface area contributed by atoms with Gasteiger partial charge in [-0.15, -0.1) is 0 Å². The average molecular weight is 348 g/mol. The number of para-hydroxylation sites is 1. The molecule has 26 heavy (non-hydrogen) atoms. The summed E-state index contributed by atoms with van der Waals surface area (Å²) in [5, 5.41) is 2.90. The highest BCUT2D eigenvalue weighted by molar-refractivity contribution is 6.09. The molecule has 4 rings (SSSR count). The molecule has 0 aliphatic carbocycles. The van der Waals surface area contributed by atoms with Crippen molar-refractivity contribution in [2.24, 2.45) is 0 Å². The standard InChI is InChI=1S/C20H20N4O2/c1-14-8-2-3-9-15(14)21-19(25)17-16-10-4-5-13-24(16)18(22-17)20(26)23-11-6-7-12-23/h2-5,8-10,13H,6-7,11-12H2,1H3,(H,21,25). The molecule has 1 fully saturated rings. The molecule has 1 aromatic carbocycles. The lowest BCUT2D eigenvalue weighted by Gasteiger charge is -2.13. The van der Waals surface area contributed by atoms with Gasteiger partial charge in [-0.05, 0) is 43.5 Å². The van der Waals surface area contributed by atoms with Gasteiger partial charge in [0.2, 0.25) is 5.82 Å². The van der Waals surface area contributed by atoms with Crippen LogP contribution < -0.4 is 5.32 Å². The van der Waals surface area contributed by atoms with Crippen molar-refractivity contribution in [3.8, 4) is 0 Å². The van der Waals surface area contributed by atoms with E-state index in [1.807, 2.05) is 43.3 Å². The summed E-state index contributed by atoms with van der Waals surface area (Å²) in [7, 11) is 0. The number of nitrogens with zero attached hydrogens (tertiary/aromatic N) is 3. The number of benzene rings is 1. The van der Waals surface area contributed by atoms with Crippen molar-refractivity contribution in [1.82, 2.24) is 14.3 Å². The van der Waals surface area contributed by atoms with Crippen LogP contribution in [0.5, 0.6) is 0 Å². The second-order valence-electron chi connectivity index (χ2n) is 6.51. The fourth-order valence-electron chi connectivity index (χ4n) is 3.31. The lowest BCUT2D eigenvalue weighted by atomic mass is 10.2. The number of hydrogen-bond acceptors (Lipinski definition) is 3. The van der Waals surface area contributed by atoms with Crippen LogP contribution in [0.15, 0.2) is 48.7 Å². The number of anilines is 1. The minimum Gasteiger partial charge on any atom is -0.336 e. The summed E-state index contributed by atoms with van der Waals surface area (Å²) in [5.74, 6) is -0.153. The lowest BCUT2D eigenvalue weighted by Crippen LogP contribution is -2.29. The van der Waals surface area contributed by atoms with Crippen molar-refractivity contribution < 1.29 is 9.59 Å². The van der Waals surface area contributed by atoms with E-state index in [1.54, 1.807) is 21.6 Å². The Balaban J connectivity index is 1.72. The molecule has 0 spiro atoms. The van der Waals surface area contributed by atoms with Gasteiger partial charge in [0.15, 0.2) is 5.69 Å². The summed E-state index contributed by atoms with van der Waals surface area (Å²) in [6.07, 6.45) is 3.79. The van der Waals surface area contributed by atoms with Gasteiger partial charge in [-0.3, -0.25) is 14.0 Å². The predicted octanol–water partition coefficient (Wildman–Crippen LogP) is 3.13. The highest BCUT2D eigenvalue weighted by Gasteiger charge is 2.26. The number of rotatable bonds is 3. The molecule has 6 heteroatoms. The second kappa shape index (κ2) is 6.63. The molecule has 0 atom stereocenters. The van der Waals surface area contributed by atoms with Gasteiger partial charge < -0.3 is 10.2 Å². The Labute approximate surface area is 151 Å². The maximum Gasteiger partial charge on any atom is 0.290 e. The Morgan fingerprint density at radius 3 is 2.54 bits per heavy atom. The summed E-state index contributed by atoms with van der Waals surface area (Å²) in [5.41, 5.74) is 2.59. The van der Waals surface area contributed by atoms with E-state index in [0.29, 0.717) is 5.52 Å². The minimum atomic E-state index is -0.316. The zero-order valence-electron chi connectivity index (χ0n) is 14.6. The number of aromatic nitrogens is 2. The number of carbonyl (C=O) groups excluding carboxylic acids is 2. The van der Waals surface area contributed by atoms with E-state index in [-0.39, 0.29) is 23.3 Å². The van der Waals surface area contributed by atoms with E-state index < -0.39 is 0 Å². The van der Waals surface area contributed by atoms with Crippen molar-refractivity contribution >= 4 is 23.0 Å². The molecule has 3 aromatic rings. The van der Waals surface area contributed by atoms with Crippen molar-refractivity contribution in [3.63, 3.8) is 0 Å². The fourth-order valence-corrected chi connectivity index (χ4v) is 3.31. The number of carbonyl (C=O) groups is 2. The van der Waals surface area contributed by atoms with E-state index in [4.69, 9.17) is 0 Å². The third kappa shape index (κ3) is 2.83. The Kier molecular flexibility index (Phi) is 4.16. The van der Waals surface area contributed by atoms with Gasteiger partial charge in [0.05, 0.1) is 5.52 Å². The number of aryl methyl sites for hydroxylation is 1. The first-order valence-corrected chi connectivity index (χ1v) is 8.78. The van der Waals surface area contributed by atoms with Crippen molar-refractivity contribution in [3.05, 3.63) is 65.7 Å². The quantitative estimate of drug-likeness (QED) is 0.791. The van der Waals surface area contributed by atoms with Gasteiger partial charge in [-0.1, -0.05) is 24.3 Å². The van der Waals surface area contributed by atoms with Crippen LogP contribution in [0, 0.1) is 6.92 Å². The normalized spacial score (nSPS) is 14.0. The molecule has 1 N–H and O–H groups in total. The molecule has 0 unspecified atom stereocenters. The third-order valence-electron chi connectivity index (χ3n) is 4.74. The molecule has 0 bridgehead atoms. The van der Waals surface area contributed by atoms with Gasteiger partial charge in [-0.25, -0.2) is 4.98 Å². The highest BCUT2D eigenvalue weighted by atomic mass is 16.2. The molecule has 1 aliphatic heterocycles. The van der Waals surface area contributed by atoms with Crippen LogP contribution in [0.2, 0.25) is 0 Å². The van der Waals surface area contributed by atoms with Gasteiger partial charge in [0, 0.05) is 25.0 Å². The summed E-state index contributed by atoms with van der Waals surface area (Å²) in [6.45, 7) is 3.42. The number of nitrogens with one attached hydrogen (secondary N) is 1. The number of fused-ring (bicyclic) bond motifs is 1. The summed E-state index contributed by atoms with van der Waals surface area (Å²) in [4.78, 5) is 31.9. The monoisotopic (exact) mass is 348 g/mol. The van der Waals surface area contributed by atoms with Gasteiger partial charge in [0.1, 0.15) is 0 Å². The molecule has 2 aromatic heterocycles.